The van der Waals surface area contributed by atoms with E-state index in [0.717, 1.165) is 32.0 Å². The number of rotatable bonds is 2. The van der Waals surface area contributed by atoms with Crippen molar-refractivity contribution in [3.63, 3.8) is 0 Å². The fourth-order valence-electron chi connectivity index (χ4n) is 2.03. The Labute approximate surface area is 93.5 Å². The molecule has 0 spiro atoms. The van der Waals surface area contributed by atoms with E-state index in [0.29, 0.717) is 5.69 Å². The van der Waals surface area contributed by atoms with Crippen molar-refractivity contribution in [1.29, 1.82) is 0 Å². The molecule has 0 atom stereocenters. The number of benzene rings is 1. The summed E-state index contributed by atoms with van der Waals surface area (Å²) in [6, 6.07) is 3.99. The second-order valence-electron chi connectivity index (χ2n) is 4.05. The highest BCUT2D eigenvalue weighted by molar-refractivity contribution is 5.88. The molecular weight excluding hydrogens is 209 g/mol. The van der Waals surface area contributed by atoms with E-state index in [1.807, 2.05) is 4.90 Å². The molecule has 16 heavy (non-hydrogen) atoms. The summed E-state index contributed by atoms with van der Waals surface area (Å²) in [6.07, 6.45) is 3.36. The number of carbonyl (C=O) groups is 1. The first kappa shape index (κ1) is 10.9. The molecule has 0 aliphatic carbocycles. The summed E-state index contributed by atoms with van der Waals surface area (Å²) in [6.45, 7) is 1.75. The number of aromatic carboxylic acids is 1. The number of piperidine rings is 1. The predicted molar refractivity (Wildman–Crippen MR) is 59.4 cm³/mol. The van der Waals surface area contributed by atoms with Gasteiger partial charge in [0.1, 0.15) is 5.82 Å². The second-order valence-corrected chi connectivity index (χ2v) is 4.05. The van der Waals surface area contributed by atoms with Crippen molar-refractivity contribution in [1.82, 2.24) is 0 Å². The van der Waals surface area contributed by atoms with Crippen LogP contribution in [0, 0.1) is 5.82 Å². The van der Waals surface area contributed by atoms with Gasteiger partial charge in [-0.15, -0.1) is 0 Å². The third-order valence-electron chi connectivity index (χ3n) is 2.85. The largest absolute Gasteiger partial charge is 0.478 e. The molecule has 1 aromatic rings. The van der Waals surface area contributed by atoms with Gasteiger partial charge in [-0.1, -0.05) is 0 Å². The highest BCUT2D eigenvalue weighted by Gasteiger charge is 2.14. The van der Waals surface area contributed by atoms with Crippen LogP contribution in [0.5, 0.6) is 0 Å². The molecule has 1 saturated heterocycles. The van der Waals surface area contributed by atoms with E-state index in [-0.39, 0.29) is 5.56 Å². The second kappa shape index (κ2) is 4.51. The van der Waals surface area contributed by atoms with Gasteiger partial charge in [-0.25, -0.2) is 9.18 Å². The molecule has 1 heterocycles. The monoisotopic (exact) mass is 223 g/mol. The quantitative estimate of drug-likeness (QED) is 0.837. The standard InChI is InChI=1S/C12H14FNO2/c13-10-6-9(12(15)16)7-11(8-10)14-4-2-1-3-5-14/h6-8H,1-5H2,(H,15,16). The van der Waals surface area contributed by atoms with Crippen LogP contribution in [0.4, 0.5) is 10.1 Å². The van der Waals surface area contributed by atoms with E-state index in [1.54, 1.807) is 0 Å². The zero-order valence-corrected chi connectivity index (χ0v) is 8.95. The van der Waals surface area contributed by atoms with Crippen LogP contribution >= 0.6 is 0 Å². The van der Waals surface area contributed by atoms with Crippen LogP contribution in [0.1, 0.15) is 29.6 Å². The van der Waals surface area contributed by atoms with E-state index in [9.17, 15) is 9.18 Å². The molecule has 0 amide bonds. The fourth-order valence-corrected chi connectivity index (χ4v) is 2.03. The first-order chi connectivity index (χ1) is 7.66. The molecule has 1 aliphatic heterocycles. The van der Waals surface area contributed by atoms with E-state index in [2.05, 4.69) is 0 Å². The van der Waals surface area contributed by atoms with Gasteiger partial charge in [-0.3, -0.25) is 0 Å². The van der Waals surface area contributed by atoms with Gasteiger partial charge < -0.3 is 10.0 Å². The highest BCUT2D eigenvalue weighted by Crippen LogP contribution is 2.22. The topological polar surface area (TPSA) is 40.5 Å². The Bertz CT molecular complexity index is 400. The van der Waals surface area contributed by atoms with Gasteiger partial charge in [-0.05, 0) is 37.5 Å². The first-order valence-corrected chi connectivity index (χ1v) is 5.45. The lowest BCUT2D eigenvalue weighted by Crippen LogP contribution is -2.29. The lowest BCUT2D eigenvalue weighted by atomic mass is 10.1. The lowest BCUT2D eigenvalue weighted by molar-refractivity contribution is 0.0696. The number of hydrogen-bond acceptors (Lipinski definition) is 2. The summed E-state index contributed by atoms with van der Waals surface area (Å²) in [5.41, 5.74) is 0.692. The van der Waals surface area contributed by atoms with Crippen molar-refractivity contribution in [3.05, 3.63) is 29.6 Å². The van der Waals surface area contributed by atoms with Crippen molar-refractivity contribution in [2.75, 3.05) is 18.0 Å². The molecule has 2 rings (SSSR count). The van der Waals surface area contributed by atoms with E-state index >= 15 is 0 Å². The molecule has 1 fully saturated rings. The third kappa shape index (κ3) is 2.32. The Morgan fingerprint density at radius 2 is 1.88 bits per heavy atom. The number of halogens is 1. The Balaban J connectivity index is 2.28. The van der Waals surface area contributed by atoms with Crippen molar-refractivity contribution < 1.29 is 14.3 Å². The average molecular weight is 223 g/mol. The summed E-state index contributed by atoms with van der Waals surface area (Å²) in [5, 5.41) is 8.85. The Morgan fingerprint density at radius 3 is 2.50 bits per heavy atom. The summed E-state index contributed by atoms with van der Waals surface area (Å²) < 4.78 is 13.3. The maximum atomic E-state index is 13.3. The number of carboxylic acid groups (broad SMARTS) is 1. The Morgan fingerprint density at radius 1 is 1.19 bits per heavy atom. The number of carboxylic acids is 1. The van der Waals surface area contributed by atoms with Gasteiger partial charge in [0.25, 0.3) is 0 Å². The molecule has 1 N–H and O–H groups in total. The Kier molecular flexibility index (Phi) is 3.08. The molecule has 0 bridgehead atoms. The van der Waals surface area contributed by atoms with Crippen molar-refractivity contribution in [2.45, 2.75) is 19.3 Å². The smallest absolute Gasteiger partial charge is 0.335 e. The van der Waals surface area contributed by atoms with Crippen LogP contribution in [0.15, 0.2) is 18.2 Å². The van der Waals surface area contributed by atoms with Crippen LogP contribution in [0.25, 0.3) is 0 Å². The molecule has 0 aromatic heterocycles. The molecular formula is C12H14FNO2. The zero-order valence-electron chi connectivity index (χ0n) is 8.95. The van der Waals surface area contributed by atoms with Gasteiger partial charge >= 0.3 is 5.97 Å². The normalized spacial score (nSPS) is 16.2. The zero-order chi connectivity index (χ0) is 11.5. The summed E-state index contributed by atoms with van der Waals surface area (Å²) in [5.74, 6) is -1.57. The van der Waals surface area contributed by atoms with Crippen molar-refractivity contribution in [3.8, 4) is 0 Å². The molecule has 0 unspecified atom stereocenters. The Hall–Kier alpha value is -1.58. The third-order valence-corrected chi connectivity index (χ3v) is 2.85. The lowest BCUT2D eigenvalue weighted by Gasteiger charge is -2.29. The predicted octanol–water partition coefficient (Wildman–Crippen LogP) is 2.51. The molecule has 1 aromatic carbocycles. The number of anilines is 1. The highest BCUT2D eigenvalue weighted by atomic mass is 19.1. The molecule has 4 heteroatoms. The first-order valence-electron chi connectivity index (χ1n) is 5.45. The van der Waals surface area contributed by atoms with E-state index in [1.165, 1.54) is 18.6 Å². The van der Waals surface area contributed by atoms with Crippen LogP contribution in [-0.2, 0) is 0 Å². The van der Waals surface area contributed by atoms with Gasteiger partial charge in [0.2, 0.25) is 0 Å². The van der Waals surface area contributed by atoms with E-state index < -0.39 is 11.8 Å². The summed E-state index contributed by atoms with van der Waals surface area (Å²) in [4.78, 5) is 12.8. The maximum Gasteiger partial charge on any atom is 0.335 e. The van der Waals surface area contributed by atoms with Crippen molar-refractivity contribution in [2.24, 2.45) is 0 Å². The molecule has 3 nitrogen and oxygen atoms in total. The molecule has 0 radical (unpaired) electrons. The van der Waals surface area contributed by atoms with Crippen LogP contribution in [0.3, 0.4) is 0 Å². The van der Waals surface area contributed by atoms with Crippen molar-refractivity contribution >= 4 is 11.7 Å². The van der Waals surface area contributed by atoms with Gasteiger partial charge in [-0.2, -0.15) is 0 Å². The molecule has 86 valence electrons. The maximum absolute atomic E-state index is 13.3. The van der Waals surface area contributed by atoms with Crippen LogP contribution in [0.2, 0.25) is 0 Å². The number of hydrogen-bond donors (Lipinski definition) is 1. The molecule has 0 saturated carbocycles. The van der Waals surface area contributed by atoms with Crippen LogP contribution < -0.4 is 4.90 Å². The van der Waals surface area contributed by atoms with Crippen LogP contribution in [-0.4, -0.2) is 24.2 Å². The fraction of sp³-hybridized carbons (Fsp3) is 0.417. The average Bonchev–Trinajstić information content (AvgIpc) is 2.29. The van der Waals surface area contributed by atoms with Gasteiger partial charge in [0.15, 0.2) is 0 Å². The van der Waals surface area contributed by atoms with Gasteiger partial charge in [0, 0.05) is 18.8 Å². The minimum absolute atomic E-state index is 0.0144. The molecule has 1 aliphatic rings. The number of nitrogens with zero attached hydrogens (tertiary/aromatic N) is 1. The minimum Gasteiger partial charge on any atom is -0.478 e. The van der Waals surface area contributed by atoms with Gasteiger partial charge in [0.05, 0.1) is 5.56 Å². The SMILES string of the molecule is O=C(O)c1cc(F)cc(N2CCCCC2)c1. The summed E-state index contributed by atoms with van der Waals surface area (Å²) >= 11 is 0. The van der Waals surface area contributed by atoms with E-state index in [4.69, 9.17) is 5.11 Å². The minimum atomic E-state index is -1.09. The summed E-state index contributed by atoms with van der Waals surface area (Å²) in [7, 11) is 0.